The molecule has 1 N–H and O–H groups in total. The average molecular weight is 418 g/mol. The van der Waals surface area contributed by atoms with Crippen LogP contribution in [0.3, 0.4) is 0 Å². The van der Waals surface area contributed by atoms with Crippen molar-refractivity contribution in [3.63, 3.8) is 0 Å². The van der Waals surface area contributed by atoms with E-state index in [1.54, 1.807) is 0 Å². The van der Waals surface area contributed by atoms with Gasteiger partial charge in [-0.25, -0.2) is 0 Å². The summed E-state index contributed by atoms with van der Waals surface area (Å²) in [5.74, 6) is 0.638. The van der Waals surface area contributed by atoms with Crippen LogP contribution in [0, 0.1) is 0 Å². The first kappa shape index (κ1) is 18.9. The number of hydrogen-bond acceptors (Lipinski definition) is 3. The quantitative estimate of drug-likeness (QED) is 0.738. The Morgan fingerprint density at radius 3 is 2.62 bits per heavy atom. The topological polar surface area (TPSA) is 47.6 Å². The van der Waals surface area contributed by atoms with E-state index in [1.807, 2.05) is 12.1 Å². The first-order chi connectivity index (χ1) is 12.5. The van der Waals surface area contributed by atoms with Gasteiger partial charge in [-0.15, -0.1) is 0 Å². The largest absolute Gasteiger partial charge is 0.487 e. The molecular weight excluding hydrogens is 394 g/mol. The Morgan fingerprint density at radius 1 is 1.27 bits per heavy atom. The molecule has 1 atom stereocenters. The third-order valence-corrected chi connectivity index (χ3v) is 5.10. The molecule has 5 heteroatoms. The van der Waals surface area contributed by atoms with Crippen molar-refractivity contribution in [2.45, 2.75) is 39.2 Å². The molecule has 2 aromatic rings. The number of aryl methyl sites for hydroxylation is 1. The van der Waals surface area contributed by atoms with E-state index in [0.717, 1.165) is 47.3 Å². The molecule has 1 amide bonds. The number of carbonyl (C=O) groups excluding carboxylic acids is 1. The van der Waals surface area contributed by atoms with Crippen molar-refractivity contribution < 1.29 is 14.3 Å². The van der Waals surface area contributed by atoms with Crippen molar-refractivity contribution >= 4 is 27.5 Å². The molecule has 0 saturated carbocycles. The van der Waals surface area contributed by atoms with Crippen LogP contribution in [-0.2, 0) is 22.4 Å². The molecule has 1 heterocycles. The lowest BCUT2D eigenvalue weighted by molar-refractivity contribution is -0.114. The van der Waals surface area contributed by atoms with Gasteiger partial charge in [0.15, 0.2) is 0 Å². The van der Waals surface area contributed by atoms with Gasteiger partial charge in [0, 0.05) is 25.1 Å². The number of ether oxygens (including phenoxy) is 2. The SMILES string of the molecule is CCc1ccc(Cc2cc(Br)c(O[C@@H]3CCOC3)cc2NC(C)=O)cc1. The Labute approximate surface area is 163 Å². The van der Waals surface area contributed by atoms with Crippen LogP contribution in [-0.4, -0.2) is 25.2 Å². The number of carbonyl (C=O) groups is 1. The summed E-state index contributed by atoms with van der Waals surface area (Å²) in [6.07, 6.45) is 2.71. The van der Waals surface area contributed by atoms with Gasteiger partial charge >= 0.3 is 0 Å². The Kier molecular flexibility index (Phi) is 6.33. The molecule has 3 rings (SSSR count). The standard InChI is InChI=1S/C21H24BrNO3/c1-3-15-4-6-16(7-5-15)10-17-11-19(22)21(12-20(17)23-14(2)24)26-18-8-9-25-13-18/h4-7,11-12,18H,3,8-10,13H2,1-2H3,(H,23,24)/t18-/m1/s1. The molecule has 4 nitrogen and oxygen atoms in total. The minimum atomic E-state index is -0.0925. The van der Waals surface area contributed by atoms with Crippen molar-refractivity contribution in [2.75, 3.05) is 18.5 Å². The monoisotopic (exact) mass is 417 g/mol. The minimum Gasteiger partial charge on any atom is -0.487 e. The molecule has 26 heavy (non-hydrogen) atoms. The number of rotatable bonds is 6. The molecule has 1 aliphatic heterocycles. The zero-order valence-electron chi connectivity index (χ0n) is 15.2. The Bertz CT molecular complexity index is 768. The van der Waals surface area contributed by atoms with E-state index in [2.05, 4.69) is 52.4 Å². The van der Waals surface area contributed by atoms with Crippen LogP contribution in [0.1, 0.15) is 37.0 Å². The van der Waals surface area contributed by atoms with Crippen molar-refractivity contribution in [1.29, 1.82) is 0 Å². The highest BCUT2D eigenvalue weighted by molar-refractivity contribution is 9.10. The van der Waals surface area contributed by atoms with Crippen molar-refractivity contribution in [2.24, 2.45) is 0 Å². The van der Waals surface area contributed by atoms with E-state index in [9.17, 15) is 4.79 Å². The van der Waals surface area contributed by atoms with Crippen LogP contribution in [0.15, 0.2) is 40.9 Å². The first-order valence-electron chi connectivity index (χ1n) is 8.97. The molecule has 1 saturated heterocycles. The highest BCUT2D eigenvalue weighted by Crippen LogP contribution is 2.34. The molecule has 0 aliphatic carbocycles. The summed E-state index contributed by atoms with van der Waals surface area (Å²) in [4.78, 5) is 11.7. The van der Waals surface area contributed by atoms with Gasteiger partial charge in [-0.1, -0.05) is 31.2 Å². The maximum atomic E-state index is 11.7. The van der Waals surface area contributed by atoms with Crippen LogP contribution in [0.4, 0.5) is 5.69 Å². The molecule has 0 radical (unpaired) electrons. The second kappa shape index (κ2) is 8.69. The van der Waals surface area contributed by atoms with E-state index in [-0.39, 0.29) is 12.0 Å². The molecular formula is C21H24BrNO3. The Hall–Kier alpha value is -1.85. The summed E-state index contributed by atoms with van der Waals surface area (Å²) < 4.78 is 12.3. The second-order valence-corrected chi connectivity index (χ2v) is 7.43. The van der Waals surface area contributed by atoms with Crippen LogP contribution in [0.5, 0.6) is 5.75 Å². The zero-order valence-corrected chi connectivity index (χ0v) is 16.8. The number of halogens is 1. The summed E-state index contributed by atoms with van der Waals surface area (Å²) in [6, 6.07) is 12.5. The van der Waals surface area contributed by atoms with Gasteiger partial charge in [0.1, 0.15) is 11.9 Å². The van der Waals surface area contributed by atoms with Crippen molar-refractivity contribution in [3.05, 3.63) is 57.6 Å². The third-order valence-electron chi connectivity index (χ3n) is 4.48. The van der Waals surface area contributed by atoms with Gasteiger partial charge in [-0.2, -0.15) is 0 Å². The zero-order chi connectivity index (χ0) is 18.5. The molecule has 1 fully saturated rings. The maximum Gasteiger partial charge on any atom is 0.221 e. The third kappa shape index (κ3) is 4.86. The molecule has 0 spiro atoms. The first-order valence-corrected chi connectivity index (χ1v) is 9.76. The second-order valence-electron chi connectivity index (χ2n) is 6.57. The van der Waals surface area contributed by atoms with E-state index < -0.39 is 0 Å². The van der Waals surface area contributed by atoms with Gasteiger partial charge in [0.2, 0.25) is 5.91 Å². The molecule has 0 aromatic heterocycles. The Morgan fingerprint density at radius 2 is 2.00 bits per heavy atom. The van der Waals surface area contributed by atoms with Crippen LogP contribution in [0.2, 0.25) is 0 Å². The summed E-state index contributed by atoms with van der Waals surface area (Å²) >= 11 is 3.61. The summed E-state index contributed by atoms with van der Waals surface area (Å²) in [5.41, 5.74) is 4.36. The van der Waals surface area contributed by atoms with Crippen molar-refractivity contribution in [1.82, 2.24) is 0 Å². The number of anilines is 1. The predicted octanol–water partition coefficient (Wildman–Crippen LogP) is 4.73. The van der Waals surface area contributed by atoms with Crippen molar-refractivity contribution in [3.8, 4) is 5.75 Å². The predicted molar refractivity (Wildman–Crippen MR) is 107 cm³/mol. The lowest BCUT2D eigenvalue weighted by Gasteiger charge is -2.18. The van der Waals surface area contributed by atoms with Crippen LogP contribution < -0.4 is 10.1 Å². The molecule has 138 valence electrons. The van der Waals surface area contributed by atoms with E-state index in [1.165, 1.54) is 18.1 Å². The summed E-state index contributed by atoms with van der Waals surface area (Å²) in [5, 5.41) is 2.94. The number of hydrogen-bond donors (Lipinski definition) is 1. The Balaban J connectivity index is 1.86. The lowest BCUT2D eigenvalue weighted by atomic mass is 10.0. The fourth-order valence-corrected chi connectivity index (χ4v) is 3.52. The highest BCUT2D eigenvalue weighted by atomic mass is 79.9. The number of benzene rings is 2. The fraction of sp³-hybridized carbons (Fsp3) is 0.381. The van der Waals surface area contributed by atoms with Gasteiger partial charge in [-0.05, 0) is 51.5 Å². The highest BCUT2D eigenvalue weighted by Gasteiger charge is 2.20. The number of amides is 1. The smallest absolute Gasteiger partial charge is 0.221 e. The molecule has 2 aromatic carbocycles. The minimum absolute atomic E-state index is 0.0592. The van der Waals surface area contributed by atoms with Gasteiger partial charge in [-0.3, -0.25) is 4.79 Å². The van der Waals surface area contributed by atoms with E-state index >= 15 is 0 Å². The van der Waals surface area contributed by atoms with Gasteiger partial charge in [0.05, 0.1) is 17.7 Å². The maximum absolute atomic E-state index is 11.7. The fourth-order valence-electron chi connectivity index (χ4n) is 3.04. The lowest BCUT2D eigenvalue weighted by Crippen LogP contribution is -2.16. The average Bonchev–Trinajstić information content (AvgIpc) is 3.12. The van der Waals surface area contributed by atoms with E-state index in [0.29, 0.717) is 6.61 Å². The van der Waals surface area contributed by atoms with Gasteiger partial charge in [0.25, 0.3) is 0 Å². The van der Waals surface area contributed by atoms with E-state index in [4.69, 9.17) is 9.47 Å². The van der Waals surface area contributed by atoms with Gasteiger partial charge < -0.3 is 14.8 Å². The summed E-state index contributed by atoms with van der Waals surface area (Å²) in [7, 11) is 0. The van der Waals surface area contributed by atoms with Crippen LogP contribution >= 0.6 is 15.9 Å². The van der Waals surface area contributed by atoms with Crippen LogP contribution in [0.25, 0.3) is 0 Å². The molecule has 1 aliphatic rings. The molecule has 0 bridgehead atoms. The molecule has 0 unspecified atom stereocenters. The number of nitrogens with one attached hydrogen (secondary N) is 1. The normalized spacial score (nSPS) is 16.5. The summed E-state index contributed by atoms with van der Waals surface area (Å²) in [6.45, 7) is 5.00.